The van der Waals surface area contributed by atoms with Gasteiger partial charge in [0.2, 0.25) is 0 Å². The number of likely N-dealkylation sites (tertiary alicyclic amines) is 1. The van der Waals surface area contributed by atoms with Crippen molar-refractivity contribution in [3.05, 3.63) is 33.5 Å². The topological polar surface area (TPSA) is 37.2 Å². The first kappa shape index (κ1) is 18.1. The standard InChI is InChI=1S/C20H31N5S/c1-4-25-10-6-7-15(20(25)16-11-21-24(3)13-16)12-23(2)14-19-22-17-8-5-9-18(17)26-19/h11,13,15,20H,4-10,12,14H2,1-3H3/t15-,20+/m0/s1. The summed E-state index contributed by atoms with van der Waals surface area (Å²) in [5, 5.41) is 5.74. The number of fused-ring (bicyclic) bond motifs is 1. The van der Waals surface area contributed by atoms with Crippen LogP contribution in [0.25, 0.3) is 0 Å². The number of nitrogens with zero attached hydrogens (tertiary/aromatic N) is 5. The maximum absolute atomic E-state index is 4.89. The van der Waals surface area contributed by atoms with Crippen LogP contribution in [0.15, 0.2) is 12.4 Å². The molecular weight excluding hydrogens is 342 g/mol. The van der Waals surface area contributed by atoms with Gasteiger partial charge in [-0.05, 0) is 58.2 Å². The lowest BCUT2D eigenvalue weighted by Gasteiger charge is -2.42. The SMILES string of the molecule is CCN1CCC[C@@H](CN(C)Cc2nc3c(s2)CCC3)[C@@H]1c1cnn(C)c1. The van der Waals surface area contributed by atoms with Crippen LogP contribution in [-0.4, -0.2) is 51.2 Å². The van der Waals surface area contributed by atoms with Gasteiger partial charge in [-0.3, -0.25) is 14.5 Å². The molecule has 2 atom stereocenters. The Balaban J connectivity index is 1.45. The van der Waals surface area contributed by atoms with Gasteiger partial charge < -0.3 is 0 Å². The Morgan fingerprint density at radius 3 is 2.92 bits per heavy atom. The molecule has 2 aromatic heterocycles. The molecule has 4 rings (SSSR count). The Morgan fingerprint density at radius 2 is 2.19 bits per heavy atom. The average Bonchev–Trinajstić information content (AvgIpc) is 3.30. The van der Waals surface area contributed by atoms with Crippen molar-refractivity contribution in [3.8, 4) is 0 Å². The Kier molecular flexibility index (Phi) is 5.43. The molecule has 0 N–H and O–H groups in total. The fourth-order valence-electron chi connectivity index (χ4n) is 4.78. The number of aromatic nitrogens is 3. The lowest BCUT2D eigenvalue weighted by Crippen LogP contribution is -2.42. The summed E-state index contributed by atoms with van der Waals surface area (Å²) in [6.07, 6.45) is 10.6. The van der Waals surface area contributed by atoms with Crippen molar-refractivity contribution in [3.63, 3.8) is 0 Å². The zero-order valence-electron chi connectivity index (χ0n) is 16.3. The molecule has 1 aliphatic carbocycles. The highest BCUT2D eigenvalue weighted by atomic mass is 32.1. The third kappa shape index (κ3) is 3.73. The van der Waals surface area contributed by atoms with Crippen LogP contribution in [0.5, 0.6) is 0 Å². The number of hydrogen-bond donors (Lipinski definition) is 0. The quantitative estimate of drug-likeness (QED) is 0.779. The number of aryl methyl sites for hydroxylation is 3. The first-order valence-electron chi connectivity index (χ1n) is 10.0. The van der Waals surface area contributed by atoms with Crippen molar-refractivity contribution in [2.45, 2.75) is 51.6 Å². The summed E-state index contributed by atoms with van der Waals surface area (Å²) in [6.45, 7) is 6.71. The van der Waals surface area contributed by atoms with Crippen LogP contribution in [0.4, 0.5) is 0 Å². The van der Waals surface area contributed by atoms with Gasteiger partial charge in [-0.15, -0.1) is 11.3 Å². The maximum Gasteiger partial charge on any atom is 0.107 e. The molecule has 0 spiro atoms. The number of hydrogen-bond acceptors (Lipinski definition) is 5. The van der Waals surface area contributed by atoms with Gasteiger partial charge >= 0.3 is 0 Å². The lowest BCUT2D eigenvalue weighted by molar-refractivity contribution is 0.0749. The predicted molar refractivity (Wildman–Crippen MR) is 106 cm³/mol. The monoisotopic (exact) mass is 373 g/mol. The van der Waals surface area contributed by atoms with E-state index >= 15 is 0 Å². The molecule has 142 valence electrons. The third-order valence-electron chi connectivity index (χ3n) is 5.92. The zero-order valence-corrected chi connectivity index (χ0v) is 17.1. The minimum absolute atomic E-state index is 0.492. The van der Waals surface area contributed by atoms with Crippen molar-refractivity contribution in [1.29, 1.82) is 0 Å². The van der Waals surface area contributed by atoms with Gasteiger partial charge in [0.15, 0.2) is 0 Å². The molecule has 1 aliphatic heterocycles. The van der Waals surface area contributed by atoms with E-state index in [1.165, 1.54) is 59.8 Å². The second kappa shape index (κ2) is 7.79. The number of piperidine rings is 1. The zero-order chi connectivity index (χ0) is 18.1. The van der Waals surface area contributed by atoms with E-state index in [9.17, 15) is 0 Å². The highest BCUT2D eigenvalue weighted by Gasteiger charge is 2.33. The van der Waals surface area contributed by atoms with Gasteiger partial charge in [-0.2, -0.15) is 5.10 Å². The fraction of sp³-hybridized carbons (Fsp3) is 0.700. The molecule has 0 aromatic carbocycles. The summed E-state index contributed by atoms with van der Waals surface area (Å²) in [5.74, 6) is 0.657. The first-order valence-corrected chi connectivity index (χ1v) is 10.8. The van der Waals surface area contributed by atoms with Crippen molar-refractivity contribution in [1.82, 2.24) is 24.6 Å². The molecule has 6 heteroatoms. The minimum atomic E-state index is 0.492. The molecule has 3 heterocycles. The molecule has 2 aromatic rings. The van der Waals surface area contributed by atoms with E-state index in [2.05, 4.69) is 41.3 Å². The molecule has 1 fully saturated rings. The van der Waals surface area contributed by atoms with Crippen LogP contribution in [0.2, 0.25) is 0 Å². The molecular formula is C20H31N5S. The molecule has 0 amide bonds. The van der Waals surface area contributed by atoms with Crippen LogP contribution in [-0.2, 0) is 26.4 Å². The second-order valence-corrected chi connectivity index (χ2v) is 9.12. The van der Waals surface area contributed by atoms with Crippen LogP contribution < -0.4 is 0 Å². The van der Waals surface area contributed by atoms with E-state index in [0.29, 0.717) is 12.0 Å². The van der Waals surface area contributed by atoms with E-state index < -0.39 is 0 Å². The summed E-state index contributed by atoms with van der Waals surface area (Å²) >= 11 is 1.94. The van der Waals surface area contributed by atoms with Crippen molar-refractivity contribution in [2.24, 2.45) is 13.0 Å². The van der Waals surface area contributed by atoms with E-state index in [1.54, 1.807) is 0 Å². The van der Waals surface area contributed by atoms with Crippen LogP contribution in [0, 0.1) is 5.92 Å². The Labute approximate surface area is 161 Å². The molecule has 0 bridgehead atoms. The van der Waals surface area contributed by atoms with E-state index in [1.807, 2.05) is 23.1 Å². The minimum Gasteiger partial charge on any atom is -0.299 e. The van der Waals surface area contributed by atoms with Crippen LogP contribution in [0.3, 0.4) is 0 Å². The maximum atomic E-state index is 4.89. The van der Waals surface area contributed by atoms with E-state index in [4.69, 9.17) is 4.98 Å². The van der Waals surface area contributed by atoms with Crippen molar-refractivity contribution >= 4 is 11.3 Å². The van der Waals surface area contributed by atoms with E-state index in [0.717, 1.165) is 19.6 Å². The normalized spacial score (nSPS) is 23.7. The molecule has 1 saturated heterocycles. The third-order valence-corrected chi connectivity index (χ3v) is 7.07. The van der Waals surface area contributed by atoms with E-state index in [-0.39, 0.29) is 0 Å². The van der Waals surface area contributed by atoms with Crippen molar-refractivity contribution < 1.29 is 0 Å². The summed E-state index contributed by atoms with van der Waals surface area (Å²) in [5.41, 5.74) is 2.75. The predicted octanol–water partition coefficient (Wildman–Crippen LogP) is 3.27. The molecule has 0 radical (unpaired) electrons. The molecule has 26 heavy (non-hydrogen) atoms. The highest BCUT2D eigenvalue weighted by molar-refractivity contribution is 7.11. The van der Waals surface area contributed by atoms with Gasteiger partial charge in [0.1, 0.15) is 5.01 Å². The van der Waals surface area contributed by atoms with Gasteiger partial charge in [0.05, 0.1) is 18.4 Å². The van der Waals surface area contributed by atoms with Gasteiger partial charge in [-0.25, -0.2) is 4.98 Å². The highest BCUT2D eigenvalue weighted by Crippen LogP contribution is 2.36. The molecule has 2 aliphatic rings. The number of rotatable bonds is 6. The fourth-order valence-corrected chi connectivity index (χ4v) is 6.02. The summed E-state index contributed by atoms with van der Waals surface area (Å²) in [6, 6.07) is 0.492. The molecule has 5 nitrogen and oxygen atoms in total. The first-order chi connectivity index (χ1) is 12.6. The Morgan fingerprint density at radius 1 is 1.31 bits per heavy atom. The van der Waals surface area contributed by atoms with Gasteiger partial charge in [0, 0.05) is 36.3 Å². The summed E-state index contributed by atoms with van der Waals surface area (Å²) in [7, 11) is 4.28. The molecule has 0 unspecified atom stereocenters. The number of thiazole rings is 1. The average molecular weight is 374 g/mol. The largest absolute Gasteiger partial charge is 0.299 e. The Hall–Kier alpha value is -1.24. The second-order valence-electron chi connectivity index (χ2n) is 7.95. The molecule has 0 saturated carbocycles. The summed E-state index contributed by atoms with van der Waals surface area (Å²) < 4.78 is 1.94. The van der Waals surface area contributed by atoms with Gasteiger partial charge in [-0.1, -0.05) is 6.92 Å². The summed E-state index contributed by atoms with van der Waals surface area (Å²) in [4.78, 5) is 11.6. The van der Waals surface area contributed by atoms with Crippen LogP contribution in [0.1, 0.15) is 53.4 Å². The van der Waals surface area contributed by atoms with Crippen molar-refractivity contribution in [2.75, 3.05) is 26.7 Å². The smallest absolute Gasteiger partial charge is 0.107 e. The Bertz CT molecular complexity index is 715. The van der Waals surface area contributed by atoms with Crippen LogP contribution >= 0.6 is 11.3 Å². The lowest BCUT2D eigenvalue weighted by atomic mass is 9.85. The van der Waals surface area contributed by atoms with Gasteiger partial charge in [0.25, 0.3) is 0 Å².